The van der Waals surface area contributed by atoms with Crippen LogP contribution in [0.5, 0.6) is 0 Å². The molecule has 0 bridgehead atoms. The predicted octanol–water partition coefficient (Wildman–Crippen LogP) is -0.679. The third-order valence-corrected chi connectivity index (χ3v) is 2.20. The number of hydrogen-bond acceptors (Lipinski definition) is 4. The highest BCUT2D eigenvalue weighted by molar-refractivity contribution is 5.87. The summed E-state index contributed by atoms with van der Waals surface area (Å²) in [6, 6.07) is 6.30. The molecule has 0 heterocycles. The topological polar surface area (TPSA) is 113 Å². The van der Waals surface area contributed by atoms with Crippen LogP contribution in [0.1, 0.15) is 15.9 Å². The number of carbonyl (C=O) groups excluding carboxylic acids is 1. The van der Waals surface area contributed by atoms with E-state index in [1.807, 2.05) is 0 Å². The number of rotatable bonds is 6. The van der Waals surface area contributed by atoms with Crippen molar-refractivity contribution in [1.82, 2.24) is 5.32 Å². The molecule has 0 saturated heterocycles. The zero-order valence-electron chi connectivity index (χ0n) is 9.09. The molecule has 17 heavy (non-hydrogen) atoms. The summed E-state index contributed by atoms with van der Waals surface area (Å²) in [5.74, 6) is -1.76. The fraction of sp³-hybridized carbons (Fsp3) is 0.273. The molecule has 0 spiro atoms. The van der Waals surface area contributed by atoms with E-state index in [0.29, 0.717) is 6.54 Å². The molecule has 1 aromatic carbocycles. The second-order valence-electron chi connectivity index (χ2n) is 3.55. The van der Waals surface area contributed by atoms with E-state index in [1.54, 1.807) is 12.1 Å². The molecule has 92 valence electrons. The molecule has 0 aliphatic rings. The van der Waals surface area contributed by atoms with Crippen molar-refractivity contribution in [3.05, 3.63) is 35.4 Å². The van der Waals surface area contributed by atoms with E-state index >= 15 is 0 Å². The molecule has 1 aromatic rings. The maximum atomic E-state index is 10.6. The Labute approximate surface area is 98.1 Å². The number of nitrogens with two attached hydrogens (primary N) is 1. The van der Waals surface area contributed by atoms with Gasteiger partial charge >= 0.3 is 5.97 Å². The zero-order chi connectivity index (χ0) is 12.8. The Morgan fingerprint density at radius 3 is 2.35 bits per heavy atom. The number of benzene rings is 1. The minimum Gasteiger partial charge on any atom is -0.478 e. The van der Waals surface area contributed by atoms with E-state index in [1.165, 1.54) is 12.1 Å². The van der Waals surface area contributed by atoms with Gasteiger partial charge in [0.15, 0.2) is 0 Å². The molecule has 0 radical (unpaired) electrons. The monoisotopic (exact) mass is 238 g/mol. The van der Waals surface area contributed by atoms with E-state index in [0.717, 1.165) is 5.56 Å². The lowest BCUT2D eigenvalue weighted by Gasteiger charge is -2.08. The molecular formula is C11H14N2O4. The second kappa shape index (κ2) is 5.97. The van der Waals surface area contributed by atoms with Gasteiger partial charge in [-0.1, -0.05) is 12.1 Å². The van der Waals surface area contributed by atoms with Crippen molar-refractivity contribution in [2.45, 2.75) is 12.6 Å². The first-order valence-corrected chi connectivity index (χ1v) is 5.01. The molecule has 5 N–H and O–H groups in total. The molecule has 0 fully saturated rings. The third kappa shape index (κ3) is 4.21. The van der Waals surface area contributed by atoms with Gasteiger partial charge in [0.1, 0.15) is 6.10 Å². The van der Waals surface area contributed by atoms with Crippen LogP contribution in [0, 0.1) is 0 Å². The first-order valence-electron chi connectivity index (χ1n) is 5.01. The number of aliphatic hydroxyl groups excluding tert-OH is 1. The lowest BCUT2D eigenvalue weighted by molar-refractivity contribution is -0.125. The number of carboxylic acids is 1. The number of primary amides is 1. The van der Waals surface area contributed by atoms with Crippen LogP contribution in [0.3, 0.4) is 0 Å². The summed E-state index contributed by atoms with van der Waals surface area (Å²) >= 11 is 0. The molecule has 0 aromatic heterocycles. The number of aliphatic hydroxyl groups is 1. The molecule has 1 atom stereocenters. The van der Waals surface area contributed by atoms with Crippen LogP contribution in [0.25, 0.3) is 0 Å². The van der Waals surface area contributed by atoms with Crippen LogP contribution in [0.2, 0.25) is 0 Å². The highest BCUT2D eigenvalue weighted by atomic mass is 16.4. The summed E-state index contributed by atoms with van der Waals surface area (Å²) in [6.45, 7) is 0.486. The lowest BCUT2D eigenvalue weighted by Crippen LogP contribution is -2.37. The van der Waals surface area contributed by atoms with Gasteiger partial charge in [-0.05, 0) is 17.7 Å². The zero-order valence-corrected chi connectivity index (χ0v) is 9.09. The molecule has 6 heteroatoms. The fourth-order valence-corrected chi connectivity index (χ4v) is 1.22. The summed E-state index contributed by atoms with van der Waals surface area (Å²) in [5, 5.41) is 20.6. The Balaban J connectivity index is 2.42. The van der Waals surface area contributed by atoms with E-state index in [4.69, 9.17) is 15.9 Å². The number of amides is 1. The van der Waals surface area contributed by atoms with Gasteiger partial charge in [-0.25, -0.2) is 4.79 Å². The van der Waals surface area contributed by atoms with E-state index in [2.05, 4.69) is 5.32 Å². The minimum absolute atomic E-state index is 0.0655. The Hall–Kier alpha value is -1.92. The first-order chi connectivity index (χ1) is 8.00. The van der Waals surface area contributed by atoms with Gasteiger partial charge < -0.3 is 21.3 Å². The van der Waals surface area contributed by atoms with Crippen molar-refractivity contribution >= 4 is 11.9 Å². The largest absolute Gasteiger partial charge is 0.478 e. The summed E-state index contributed by atoms with van der Waals surface area (Å²) in [4.78, 5) is 21.1. The summed E-state index contributed by atoms with van der Waals surface area (Å²) in [7, 11) is 0. The smallest absolute Gasteiger partial charge is 0.335 e. The average molecular weight is 238 g/mol. The van der Waals surface area contributed by atoms with Gasteiger partial charge in [0.25, 0.3) is 0 Å². The second-order valence-corrected chi connectivity index (χ2v) is 3.55. The Morgan fingerprint density at radius 2 is 1.88 bits per heavy atom. The minimum atomic E-state index is -1.21. The standard InChI is InChI=1S/C11H14N2O4/c12-10(15)9(14)6-13-5-7-1-3-8(4-2-7)11(16)17/h1-4,9,13-14H,5-6H2,(H2,12,15)(H,16,17). The highest BCUT2D eigenvalue weighted by Crippen LogP contribution is 2.04. The van der Waals surface area contributed by atoms with E-state index < -0.39 is 18.0 Å². The number of nitrogens with one attached hydrogen (secondary N) is 1. The first kappa shape index (κ1) is 13.1. The molecule has 1 rings (SSSR count). The van der Waals surface area contributed by atoms with Crippen molar-refractivity contribution in [3.63, 3.8) is 0 Å². The summed E-state index contributed by atoms with van der Waals surface area (Å²) in [5.41, 5.74) is 5.94. The third-order valence-electron chi connectivity index (χ3n) is 2.20. The van der Waals surface area contributed by atoms with Crippen molar-refractivity contribution in [3.8, 4) is 0 Å². The number of hydrogen-bond donors (Lipinski definition) is 4. The fourth-order valence-electron chi connectivity index (χ4n) is 1.22. The van der Waals surface area contributed by atoms with Crippen LogP contribution in [-0.2, 0) is 11.3 Å². The summed E-state index contributed by atoms with van der Waals surface area (Å²) in [6.07, 6.45) is -1.21. The molecule has 0 saturated carbocycles. The van der Waals surface area contributed by atoms with Gasteiger partial charge in [0.05, 0.1) is 5.56 Å². The van der Waals surface area contributed by atoms with Gasteiger partial charge in [-0.3, -0.25) is 4.79 Å². The van der Waals surface area contributed by atoms with Crippen LogP contribution >= 0.6 is 0 Å². The molecular weight excluding hydrogens is 224 g/mol. The number of carbonyl (C=O) groups is 2. The SMILES string of the molecule is NC(=O)C(O)CNCc1ccc(C(=O)O)cc1. The van der Waals surface area contributed by atoms with Crippen LogP contribution in [-0.4, -0.2) is 34.7 Å². The van der Waals surface area contributed by atoms with Crippen molar-refractivity contribution < 1.29 is 19.8 Å². The van der Waals surface area contributed by atoms with Crippen LogP contribution < -0.4 is 11.1 Å². The van der Waals surface area contributed by atoms with Crippen molar-refractivity contribution in [1.29, 1.82) is 0 Å². The molecule has 6 nitrogen and oxygen atoms in total. The maximum Gasteiger partial charge on any atom is 0.335 e. The maximum absolute atomic E-state index is 10.6. The van der Waals surface area contributed by atoms with Crippen LogP contribution in [0.15, 0.2) is 24.3 Å². The van der Waals surface area contributed by atoms with Gasteiger partial charge in [0.2, 0.25) is 5.91 Å². The summed E-state index contributed by atoms with van der Waals surface area (Å²) < 4.78 is 0. The number of carboxylic acid groups (broad SMARTS) is 1. The van der Waals surface area contributed by atoms with Crippen LogP contribution in [0.4, 0.5) is 0 Å². The van der Waals surface area contributed by atoms with Gasteiger partial charge in [-0.15, -0.1) is 0 Å². The quantitative estimate of drug-likeness (QED) is 0.524. The Morgan fingerprint density at radius 1 is 1.29 bits per heavy atom. The highest BCUT2D eigenvalue weighted by Gasteiger charge is 2.09. The molecule has 1 amide bonds. The Bertz CT molecular complexity index is 402. The van der Waals surface area contributed by atoms with Crippen molar-refractivity contribution in [2.24, 2.45) is 5.73 Å². The molecule has 0 aliphatic carbocycles. The average Bonchev–Trinajstić information content (AvgIpc) is 2.29. The Kier molecular flexibility index (Phi) is 4.62. The molecule has 0 aliphatic heterocycles. The normalized spacial score (nSPS) is 12.1. The predicted molar refractivity (Wildman–Crippen MR) is 60.3 cm³/mol. The number of aromatic carboxylic acids is 1. The molecule has 1 unspecified atom stereocenters. The van der Waals surface area contributed by atoms with Gasteiger partial charge in [-0.2, -0.15) is 0 Å². The van der Waals surface area contributed by atoms with Gasteiger partial charge in [0, 0.05) is 13.1 Å². The van der Waals surface area contributed by atoms with E-state index in [-0.39, 0.29) is 12.1 Å². The van der Waals surface area contributed by atoms with Crippen molar-refractivity contribution in [2.75, 3.05) is 6.54 Å². The lowest BCUT2D eigenvalue weighted by atomic mass is 10.1. The van der Waals surface area contributed by atoms with E-state index in [9.17, 15) is 9.59 Å².